The van der Waals surface area contributed by atoms with Gasteiger partial charge in [-0.15, -0.1) is 0 Å². The van der Waals surface area contributed by atoms with Gasteiger partial charge < -0.3 is 10.3 Å². The first-order valence-corrected chi connectivity index (χ1v) is 5.98. The monoisotopic (exact) mass is 245 g/mol. The van der Waals surface area contributed by atoms with Crippen LogP contribution in [-0.4, -0.2) is 4.98 Å². The number of anilines is 1. The Balaban J connectivity index is 2.16. The lowest BCUT2D eigenvalue weighted by molar-refractivity contribution is 1.06. The summed E-state index contributed by atoms with van der Waals surface area (Å²) >= 11 is 1.14. The Morgan fingerprint density at radius 3 is 3.00 bits per heavy atom. The summed E-state index contributed by atoms with van der Waals surface area (Å²) in [7, 11) is 0. The van der Waals surface area contributed by atoms with E-state index >= 15 is 0 Å². The molecule has 0 radical (unpaired) electrons. The summed E-state index contributed by atoms with van der Waals surface area (Å²) in [6.07, 6.45) is 0. The van der Waals surface area contributed by atoms with Crippen molar-refractivity contribution in [3.63, 3.8) is 0 Å². The topological polar surface area (TPSA) is 68.7 Å². The van der Waals surface area contributed by atoms with Gasteiger partial charge in [-0.3, -0.25) is 4.79 Å². The molecule has 0 unspecified atom stereocenters. The molecule has 0 aliphatic rings. The third-order valence-corrected chi connectivity index (χ3v) is 3.05. The summed E-state index contributed by atoms with van der Waals surface area (Å²) in [5.41, 5.74) is 3.31. The molecule has 0 fully saturated rings. The quantitative estimate of drug-likeness (QED) is 0.871. The Bertz CT molecular complexity index is 621. The summed E-state index contributed by atoms with van der Waals surface area (Å²) in [5, 5.41) is 13.9. The molecule has 0 saturated heterocycles. The summed E-state index contributed by atoms with van der Waals surface area (Å²) in [5.74, 6) is 0. The molecule has 1 heterocycles. The third-order valence-electron chi connectivity index (χ3n) is 2.34. The summed E-state index contributed by atoms with van der Waals surface area (Å²) in [4.78, 5) is 13.6. The second-order valence-corrected chi connectivity index (χ2v) is 4.53. The Labute approximate surface area is 103 Å². The zero-order chi connectivity index (χ0) is 12.3. The molecule has 2 aromatic rings. The fourth-order valence-corrected chi connectivity index (χ4v) is 2.07. The van der Waals surface area contributed by atoms with Crippen LogP contribution in [0, 0.1) is 18.3 Å². The minimum absolute atomic E-state index is 0.0634. The second-order valence-electron chi connectivity index (χ2n) is 3.69. The Morgan fingerprint density at radius 1 is 1.53 bits per heavy atom. The first-order valence-electron chi connectivity index (χ1n) is 5.10. The Morgan fingerprint density at radius 2 is 2.35 bits per heavy atom. The molecule has 0 amide bonds. The smallest absolute Gasteiger partial charge is 0.304 e. The number of rotatable bonds is 3. The minimum atomic E-state index is -0.0634. The van der Waals surface area contributed by atoms with E-state index in [4.69, 9.17) is 5.26 Å². The van der Waals surface area contributed by atoms with Gasteiger partial charge >= 0.3 is 4.87 Å². The number of aryl methyl sites for hydroxylation is 1. The molecule has 0 bridgehead atoms. The van der Waals surface area contributed by atoms with Crippen molar-refractivity contribution in [2.24, 2.45) is 0 Å². The maximum atomic E-state index is 11.0. The number of aromatic nitrogens is 1. The van der Waals surface area contributed by atoms with E-state index in [1.807, 2.05) is 19.1 Å². The predicted octanol–water partition coefficient (Wildman–Crippen LogP) is 2.23. The number of nitriles is 1. The van der Waals surface area contributed by atoms with Gasteiger partial charge in [-0.25, -0.2) is 0 Å². The summed E-state index contributed by atoms with van der Waals surface area (Å²) in [6.45, 7) is 2.48. The van der Waals surface area contributed by atoms with Crippen LogP contribution in [0.1, 0.15) is 16.8 Å². The Kier molecular flexibility index (Phi) is 3.26. The lowest BCUT2D eigenvalue weighted by atomic mass is 10.1. The fourth-order valence-electron chi connectivity index (χ4n) is 1.49. The number of hydrogen-bond acceptors (Lipinski definition) is 4. The van der Waals surface area contributed by atoms with Crippen molar-refractivity contribution in [1.29, 1.82) is 5.26 Å². The molecule has 17 heavy (non-hydrogen) atoms. The minimum Gasteiger partial charge on any atom is -0.378 e. The van der Waals surface area contributed by atoms with Crippen LogP contribution in [0.2, 0.25) is 0 Å². The molecule has 0 atom stereocenters. The summed E-state index contributed by atoms with van der Waals surface area (Å²) in [6, 6.07) is 7.74. The number of nitrogens with one attached hydrogen (secondary N) is 2. The van der Waals surface area contributed by atoms with Gasteiger partial charge in [0.1, 0.15) is 6.07 Å². The highest BCUT2D eigenvalue weighted by Gasteiger charge is 2.02. The van der Waals surface area contributed by atoms with Crippen LogP contribution >= 0.6 is 11.3 Å². The van der Waals surface area contributed by atoms with E-state index in [0.717, 1.165) is 28.3 Å². The molecular weight excluding hydrogens is 234 g/mol. The van der Waals surface area contributed by atoms with Crippen molar-refractivity contribution in [3.05, 3.63) is 50.1 Å². The molecule has 86 valence electrons. The van der Waals surface area contributed by atoms with Gasteiger partial charge in [0, 0.05) is 11.1 Å². The Hall–Kier alpha value is -2.06. The molecule has 1 aromatic heterocycles. The SMILES string of the molecule is Cc1ccc(C#N)c(NCc2csc(=O)[nH]2)c1. The average Bonchev–Trinajstić information content (AvgIpc) is 2.73. The highest BCUT2D eigenvalue weighted by atomic mass is 32.1. The molecule has 0 spiro atoms. The molecule has 4 nitrogen and oxygen atoms in total. The molecule has 0 saturated carbocycles. The highest BCUT2D eigenvalue weighted by molar-refractivity contribution is 7.07. The van der Waals surface area contributed by atoms with Gasteiger partial charge in [-0.2, -0.15) is 5.26 Å². The van der Waals surface area contributed by atoms with Gasteiger partial charge in [0.25, 0.3) is 0 Å². The van der Waals surface area contributed by atoms with Crippen LogP contribution in [0.4, 0.5) is 5.69 Å². The van der Waals surface area contributed by atoms with Crippen LogP contribution in [0.15, 0.2) is 28.4 Å². The number of hydrogen-bond donors (Lipinski definition) is 2. The van der Waals surface area contributed by atoms with Gasteiger partial charge in [0.05, 0.1) is 17.8 Å². The predicted molar refractivity (Wildman–Crippen MR) is 68.2 cm³/mol. The van der Waals surface area contributed by atoms with E-state index in [0.29, 0.717) is 12.1 Å². The van der Waals surface area contributed by atoms with E-state index in [1.54, 1.807) is 11.4 Å². The zero-order valence-electron chi connectivity index (χ0n) is 9.28. The van der Waals surface area contributed by atoms with Crippen molar-refractivity contribution in [1.82, 2.24) is 4.98 Å². The van der Waals surface area contributed by atoms with Crippen LogP contribution in [-0.2, 0) is 6.54 Å². The van der Waals surface area contributed by atoms with Crippen molar-refractivity contribution in [2.75, 3.05) is 5.32 Å². The first kappa shape index (κ1) is 11.4. The van der Waals surface area contributed by atoms with Crippen LogP contribution in [0.5, 0.6) is 0 Å². The van der Waals surface area contributed by atoms with E-state index in [1.165, 1.54) is 0 Å². The average molecular weight is 245 g/mol. The van der Waals surface area contributed by atoms with Crippen molar-refractivity contribution < 1.29 is 0 Å². The van der Waals surface area contributed by atoms with Crippen molar-refractivity contribution in [3.8, 4) is 6.07 Å². The number of nitrogens with zero attached hydrogens (tertiary/aromatic N) is 1. The normalized spacial score (nSPS) is 9.88. The van der Waals surface area contributed by atoms with Crippen molar-refractivity contribution in [2.45, 2.75) is 13.5 Å². The molecule has 2 N–H and O–H groups in total. The number of thiazole rings is 1. The molecule has 1 aromatic carbocycles. The first-order chi connectivity index (χ1) is 8.19. The number of H-pyrrole nitrogens is 1. The summed E-state index contributed by atoms with van der Waals surface area (Å²) < 4.78 is 0. The van der Waals surface area contributed by atoms with Crippen LogP contribution in [0.25, 0.3) is 0 Å². The van der Waals surface area contributed by atoms with E-state index in [9.17, 15) is 4.79 Å². The number of benzene rings is 1. The van der Waals surface area contributed by atoms with Gasteiger partial charge in [-0.05, 0) is 24.6 Å². The van der Waals surface area contributed by atoms with Gasteiger partial charge in [-0.1, -0.05) is 17.4 Å². The number of aromatic amines is 1. The molecule has 0 aliphatic heterocycles. The highest BCUT2D eigenvalue weighted by Crippen LogP contribution is 2.17. The maximum absolute atomic E-state index is 11.0. The standard InChI is InChI=1S/C12H11N3OS/c1-8-2-3-9(5-13)11(4-8)14-6-10-7-17-12(16)15-10/h2-4,7,14H,6H2,1H3,(H,15,16). The van der Waals surface area contributed by atoms with Crippen LogP contribution in [0.3, 0.4) is 0 Å². The van der Waals surface area contributed by atoms with E-state index < -0.39 is 0 Å². The van der Waals surface area contributed by atoms with Gasteiger partial charge in [0.2, 0.25) is 0 Å². The fraction of sp³-hybridized carbons (Fsp3) is 0.167. The van der Waals surface area contributed by atoms with E-state index in [-0.39, 0.29) is 4.87 Å². The van der Waals surface area contributed by atoms with Crippen LogP contribution < -0.4 is 10.2 Å². The van der Waals surface area contributed by atoms with Gasteiger partial charge in [0.15, 0.2) is 0 Å². The van der Waals surface area contributed by atoms with Crippen molar-refractivity contribution >= 4 is 17.0 Å². The van der Waals surface area contributed by atoms with E-state index in [2.05, 4.69) is 16.4 Å². The lowest BCUT2D eigenvalue weighted by Crippen LogP contribution is -2.04. The largest absolute Gasteiger partial charge is 0.378 e. The lowest BCUT2D eigenvalue weighted by Gasteiger charge is -2.07. The molecular formula is C12H11N3OS. The second kappa shape index (κ2) is 4.85. The molecule has 5 heteroatoms. The maximum Gasteiger partial charge on any atom is 0.304 e. The third kappa shape index (κ3) is 2.74. The molecule has 0 aliphatic carbocycles. The molecule has 2 rings (SSSR count). The zero-order valence-corrected chi connectivity index (χ0v) is 10.1.